The summed E-state index contributed by atoms with van der Waals surface area (Å²) < 4.78 is 0. The first-order valence-corrected chi connectivity index (χ1v) is 5.79. The quantitative estimate of drug-likeness (QED) is 0.658. The first-order chi connectivity index (χ1) is 9.22. The van der Waals surface area contributed by atoms with Crippen LogP contribution in [-0.2, 0) is 0 Å². The van der Waals surface area contributed by atoms with E-state index in [-0.39, 0.29) is 0 Å². The van der Waals surface area contributed by atoms with Gasteiger partial charge in [0, 0.05) is 5.56 Å². The minimum absolute atomic E-state index is 0.449. The molecule has 0 unspecified atom stereocenters. The summed E-state index contributed by atoms with van der Waals surface area (Å²) in [5, 5.41) is 18.2. The molecule has 0 bridgehead atoms. The maximum Gasteiger partial charge on any atom is 0.101 e. The molecule has 19 heavy (non-hydrogen) atoms. The van der Waals surface area contributed by atoms with Crippen LogP contribution in [0.15, 0.2) is 42.5 Å². The van der Waals surface area contributed by atoms with Gasteiger partial charge in [-0.1, -0.05) is 18.2 Å². The highest BCUT2D eigenvalue weighted by molar-refractivity contribution is 5.88. The van der Waals surface area contributed by atoms with Gasteiger partial charge in [-0.05, 0) is 41.0 Å². The average Bonchev–Trinajstić information content (AvgIpc) is 2.94. The predicted molar refractivity (Wildman–Crippen MR) is 73.5 cm³/mol. The number of fused-ring (bicyclic) bond motifs is 2. The van der Waals surface area contributed by atoms with Crippen LogP contribution in [0.1, 0.15) is 11.1 Å². The maximum atomic E-state index is 9.17. The smallest absolute Gasteiger partial charge is 0.101 e. The Hall–Kier alpha value is -3.04. The van der Waals surface area contributed by atoms with Crippen LogP contribution < -0.4 is 5.73 Å². The van der Waals surface area contributed by atoms with Crippen LogP contribution in [0.25, 0.3) is 22.3 Å². The van der Waals surface area contributed by atoms with Crippen LogP contribution in [0, 0.1) is 22.7 Å². The highest BCUT2D eigenvalue weighted by Crippen LogP contribution is 2.36. The largest absolute Gasteiger partial charge is 0.397 e. The fourth-order valence-electron chi connectivity index (χ4n) is 2.29. The Kier molecular flexibility index (Phi) is 2.34. The lowest BCUT2D eigenvalue weighted by Crippen LogP contribution is -1.87. The molecule has 2 N–H and O–H groups in total. The van der Waals surface area contributed by atoms with Crippen molar-refractivity contribution in [2.75, 3.05) is 5.73 Å². The van der Waals surface area contributed by atoms with E-state index in [4.69, 9.17) is 11.0 Å². The van der Waals surface area contributed by atoms with Gasteiger partial charge in [-0.25, -0.2) is 0 Å². The van der Waals surface area contributed by atoms with E-state index in [0.29, 0.717) is 16.8 Å². The molecule has 0 saturated heterocycles. The van der Waals surface area contributed by atoms with Crippen molar-refractivity contribution in [3.05, 3.63) is 53.6 Å². The molecule has 88 valence electrons. The van der Waals surface area contributed by atoms with E-state index in [0.717, 1.165) is 22.3 Å². The molecule has 0 amide bonds. The van der Waals surface area contributed by atoms with Crippen LogP contribution in [0.3, 0.4) is 0 Å². The van der Waals surface area contributed by atoms with Gasteiger partial charge >= 0.3 is 0 Å². The van der Waals surface area contributed by atoms with Crippen LogP contribution in [0.4, 0.5) is 5.69 Å². The van der Waals surface area contributed by atoms with Crippen LogP contribution in [0.5, 0.6) is 0 Å². The molecule has 3 nitrogen and oxygen atoms in total. The van der Waals surface area contributed by atoms with Crippen LogP contribution >= 0.6 is 0 Å². The van der Waals surface area contributed by atoms with Crippen molar-refractivity contribution in [2.24, 2.45) is 0 Å². The molecule has 3 aliphatic carbocycles. The molecule has 3 aliphatic rings. The third kappa shape index (κ3) is 1.66. The molecule has 0 atom stereocenters. The Balaban J connectivity index is 2.45. The van der Waals surface area contributed by atoms with Crippen molar-refractivity contribution in [1.29, 1.82) is 10.5 Å². The van der Waals surface area contributed by atoms with Crippen molar-refractivity contribution in [3.8, 4) is 34.4 Å². The van der Waals surface area contributed by atoms with Crippen molar-refractivity contribution >= 4 is 5.69 Å². The first kappa shape index (κ1) is 11.1. The zero-order valence-electron chi connectivity index (χ0n) is 10.0. The highest BCUT2D eigenvalue weighted by atomic mass is 14.6. The Morgan fingerprint density at radius 2 is 1.53 bits per heavy atom. The van der Waals surface area contributed by atoms with E-state index in [1.54, 1.807) is 12.1 Å². The standard InChI is InChI=1S/C16H9N3/c17-8-10-4-11-2-1-3-12(11)7-15-13(5-10)6-14(9-18)16(15)19/h1-7H,19H2. The molecule has 0 spiro atoms. The van der Waals surface area contributed by atoms with Gasteiger partial charge in [0.1, 0.15) is 6.07 Å². The zero-order valence-corrected chi connectivity index (χ0v) is 10.0. The summed E-state index contributed by atoms with van der Waals surface area (Å²) in [6.07, 6.45) is 0. The van der Waals surface area contributed by atoms with Gasteiger partial charge in [-0.2, -0.15) is 10.5 Å². The summed E-state index contributed by atoms with van der Waals surface area (Å²) >= 11 is 0. The van der Waals surface area contributed by atoms with E-state index in [1.807, 2.05) is 30.3 Å². The van der Waals surface area contributed by atoms with Gasteiger partial charge in [-0.3, -0.25) is 0 Å². The number of nitriles is 2. The number of hydrogen-bond donors (Lipinski definition) is 1. The second-order valence-electron chi connectivity index (χ2n) is 4.39. The van der Waals surface area contributed by atoms with Gasteiger partial charge in [0.2, 0.25) is 0 Å². The highest BCUT2D eigenvalue weighted by Gasteiger charge is 2.14. The summed E-state index contributed by atoms with van der Waals surface area (Å²) in [6, 6.07) is 17.4. The maximum absolute atomic E-state index is 9.17. The number of nitrogen functional groups attached to an aromatic ring is 1. The lowest BCUT2D eigenvalue weighted by molar-refractivity contribution is 1.49. The van der Waals surface area contributed by atoms with Crippen LogP contribution in [-0.4, -0.2) is 0 Å². The normalized spacial score (nSPS) is 10.2. The monoisotopic (exact) mass is 243 g/mol. The van der Waals surface area contributed by atoms with E-state index in [2.05, 4.69) is 12.1 Å². The van der Waals surface area contributed by atoms with Gasteiger partial charge in [0.05, 0.1) is 22.9 Å². The molecule has 0 aromatic carbocycles. The molecular weight excluding hydrogens is 234 g/mol. The van der Waals surface area contributed by atoms with E-state index < -0.39 is 0 Å². The van der Waals surface area contributed by atoms with Gasteiger partial charge < -0.3 is 5.73 Å². The lowest BCUT2D eigenvalue weighted by atomic mass is 10.0. The molecular formula is C16H9N3. The predicted octanol–water partition coefficient (Wildman–Crippen LogP) is 3.22. The third-order valence-corrected chi connectivity index (χ3v) is 3.25. The Bertz CT molecular complexity index is 806. The molecule has 3 rings (SSSR count). The lowest BCUT2D eigenvalue weighted by Gasteiger charge is -2.02. The number of anilines is 1. The Morgan fingerprint density at radius 3 is 2.21 bits per heavy atom. The SMILES string of the molecule is N#Cc1cc2cccc-2cc2c(N)c(C#N)cc-2c1. The number of nitrogens with two attached hydrogens (primary N) is 1. The van der Waals surface area contributed by atoms with Crippen molar-refractivity contribution in [3.63, 3.8) is 0 Å². The van der Waals surface area contributed by atoms with Crippen LogP contribution in [0.2, 0.25) is 0 Å². The van der Waals surface area contributed by atoms with Gasteiger partial charge in [-0.15, -0.1) is 0 Å². The molecule has 0 aromatic heterocycles. The number of nitrogens with zero attached hydrogens (tertiary/aromatic N) is 2. The fourth-order valence-corrected chi connectivity index (χ4v) is 2.29. The number of rotatable bonds is 0. The first-order valence-electron chi connectivity index (χ1n) is 5.79. The summed E-state index contributed by atoms with van der Waals surface area (Å²) in [6.45, 7) is 0. The fraction of sp³-hybridized carbons (Fsp3) is 0. The Labute approximate surface area is 110 Å². The Morgan fingerprint density at radius 1 is 0.842 bits per heavy atom. The van der Waals surface area contributed by atoms with E-state index in [1.165, 1.54) is 0 Å². The summed E-state index contributed by atoms with van der Waals surface area (Å²) in [4.78, 5) is 0. The molecule has 0 radical (unpaired) electrons. The third-order valence-electron chi connectivity index (χ3n) is 3.25. The van der Waals surface area contributed by atoms with Gasteiger partial charge in [0.15, 0.2) is 0 Å². The zero-order chi connectivity index (χ0) is 13.4. The second kappa shape index (κ2) is 4.01. The molecule has 0 heterocycles. The minimum atomic E-state index is 0.449. The molecule has 3 heteroatoms. The van der Waals surface area contributed by atoms with Crippen molar-refractivity contribution in [1.82, 2.24) is 0 Å². The summed E-state index contributed by atoms with van der Waals surface area (Å²) in [5.74, 6) is 0. The topological polar surface area (TPSA) is 73.6 Å². The molecule has 0 saturated carbocycles. The van der Waals surface area contributed by atoms with E-state index >= 15 is 0 Å². The average molecular weight is 243 g/mol. The van der Waals surface area contributed by atoms with Crippen molar-refractivity contribution < 1.29 is 0 Å². The van der Waals surface area contributed by atoms with Crippen molar-refractivity contribution in [2.45, 2.75) is 0 Å². The summed E-state index contributed by atoms with van der Waals surface area (Å²) in [7, 11) is 0. The molecule has 0 aliphatic heterocycles. The molecule has 0 fully saturated rings. The summed E-state index contributed by atoms with van der Waals surface area (Å²) in [5.41, 5.74) is 11.1. The molecule has 0 aromatic rings. The number of hydrogen-bond acceptors (Lipinski definition) is 3. The van der Waals surface area contributed by atoms with Gasteiger partial charge in [0.25, 0.3) is 0 Å². The minimum Gasteiger partial charge on any atom is -0.397 e. The second-order valence-corrected chi connectivity index (χ2v) is 4.39. The van der Waals surface area contributed by atoms with E-state index in [9.17, 15) is 5.26 Å².